The first kappa shape index (κ1) is 46.7. The number of hydrogen-bond donors (Lipinski definition) is 2. The second kappa shape index (κ2) is 22.5. The van der Waals surface area contributed by atoms with Gasteiger partial charge in [0.05, 0.1) is 49.0 Å². The molecule has 0 bridgehead atoms. The Morgan fingerprint density at radius 2 is 1.25 bits per heavy atom. The highest BCUT2D eigenvalue weighted by Crippen LogP contribution is 2.37. The van der Waals surface area contributed by atoms with Crippen molar-refractivity contribution in [2.45, 2.75) is 78.1 Å². The summed E-state index contributed by atoms with van der Waals surface area (Å²) in [6, 6.07) is 35.1. The lowest BCUT2D eigenvalue weighted by atomic mass is 10.0. The van der Waals surface area contributed by atoms with E-state index < -0.39 is 24.4 Å². The number of aromatic nitrogens is 4. The molecule has 0 radical (unpaired) electrons. The van der Waals surface area contributed by atoms with Crippen LogP contribution >= 0.6 is 0 Å². The zero-order valence-electron chi connectivity index (χ0n) is 37.4. The minimum Gasteiger partial charge on any atom is -0.341 e. The molecule has 0 spiro atoms. The second-order valence-corrected chi connectivity index (χ2v) is 16.1. The van der Waals surface area contributed by atoms with Crippen LogP contribution in [0.3, 0.4) is 0 Å². The number of H-pyrrole nitrogens is 2. The monoisotopic (exact) mass is 856 g/mol. The van der Waals surface area contributed by atoms with Crippen molar-refractivity contribution in [3.05, 3.63) is 144 Å². The molecule has 1 fully saturated rings. The van der Waals surface area contributed by atoms with E-state index in [1.54, 1.807) is 18.0 Å². The van der Waals surface area contributed by atoms with E-state index >= 15 is 0 Å². The largest absolute Gasteiger partial charge is 0.341 e. The maximum Gasteiger partial charge on any atom is 0.245 e. The minimum absolute atomic E-state index is 0.0519. The number of alkyl halides is 2. The average Bonchev–Trinajstić information content (AvgIpc) is 4.08. The number of aromatic amines is 2. The molecule has 3 unspecified atom stereocenters. The number of nitrogens with zero attached hydrogens (tertiary/aromatic N) is 6. The zero-order valence-corrected chi connectivity index (χ0v) is 37.4. The third-order valence-electron chi connectivity index (χ3n) is 11.8. The Hall–Kier alpha value is -5.82. The van der Waals surface area contributed by atoms with E-state index in [1.165, 1.54) is 0 Å². The van der Waals surface area contributed by atoms with Crippen molar-refractivity contribution >= 4 is 12.2 Å². The predicted molar refractivity (Wildman–Crippen MR) is 248 cm³/mol. The number of carbonyl (C=O) groups excluding carboxylic acids is 2. The van der Waals surface area contributed by atoms with Crippen molar-refractivity contribution in [2.75, 3.05) is 46.3 Å². The van der Waals surface area contributed by atoms with E-state index in [0.717, 1.165) is 70.0 Å². The maximum absolute atomic E-state index is 15.0. The normalized spacial score (nSPS) is 16.5. The van der Waals surface area contributed by atoms with Gasteiger partial charge in [0.15, 0.2) is 0 Å². The highest BCUT2D eigenvalue weighted by Gasteiger charge is 2.42. The minimum atomic E-state index is -1.12. The molecule has 6 aromatic rings. The standard InChI is InChI=1S/C39H45F2N7O.C12H17NO/c1-5-47(6-2)37(31-10-8-7-9-11-31)39(49)48-24-32(41)20-35(48)38-43-22-34(45-38)30-18-14-28(15-19-30)27-12-16-29(17-13-27)33-21-42-36(44-33)25-46(4)23-26(3)40;1-3-13(4-2)12(10-14)11-8-6-5-7-9-11/h7-19,21-22,26,32,35,37H,5-6,20,23-25H2,1-4H3,(H,42,44)(H,43,45);5-10,12H,3-4H2,1-2H3/t26?,32-,35?,37-;/m1./s1. The Kier molecular flexibility index (Phi) is 16.7. The Balaban J connectivity index is 0.000000402. The van der Waals surface area contributed by atoms with Crippen LogP contribution in [-0.2, 0) is 16.1 Å². The van der Waals surface area contributed by atoms with Crippen LogP contribution in [0.1, 0.15) is 81.9 Å². The van der Waals surface area contributed by atoms with Crippen molar-refractivity contribution in [3.8, 4) is 33.6 Å². The van der Waals surface area contributed by atoms with Gasteiger partial charge in [0.1, 0.15) is 36.3 Å². The summed E-state index contributed by atoms with van der Waals surface area (Å²) in [6.45, 7) is 14.0. The quantitative estimate of drug-likeness (QED) is 0.0830. The molecule has 10 nitrogen and oxygen atoms in total. The molecule has 2 N–H and O–H groups in total. The molecule has 63 heavy (non-hydrogen) atoms. The van der Waals surface area contributed by atoms with Crippen LogP contribution in [0.4, 0.5) is 8.78 Å². The number of nitrogens with one attached hydrogen (secondary N) is 2. The molecule has 0 aliphatic carbocycles. The van der Waals surface area contributed by atoms with E-state index in [2.05, 4.69) is 80.0 Å². The first-order valence-electron chi connectivity index (χ1n) is 22.2. The van der Waals surface area contributed by atoms with Crippen LogP contribution in [0, 0.1) is 0 Å². The molecule has 5 atom stereocenters. The Bertz CT molecular complexity index is 2290. The van der Waals surface area contributed by atoms with E-state index in [0.29, 0.717) is 32.0 Å². The van der Waals surface area contributed by atoms with Gasteiger partial charge in [-0.15, -0.1) is 0 Å². The Morgan fingerprint density at radius 3 is 1.78 bits per heavy atom. The summed E-state index contributed by atoms with van der Waals surface area (Å²) in [5.74, 6) is 1.30. The number of likely N-dealkylation sites (tertiary alicyclic amines) is 1. The molecule has 4 aromatic carbocycles. The van der Waals surface area contributed by atoms with Crippen molar-refractivity contribution in [2.24, 2.45) is 0 Å². The van der Waals surface area contributed by atoms with Crippen LogP contribution in [0.5, 0.6) is 0 Å². The molecule has 3 heterocycles. The summed E-state index contributed by atoms with van der Waals surface area (Å²) in [5.41, 5.74) is 7.83. The number of imidazole rings is 2. The van der Waals surface area contributed by atoms with Crippen molar-refractivity contribution in [1.82, 2.24) is 39.5 Å². The molecule has 7 rings (SSSR count). The predicted octanol–water partition coefficient (Wildman–Crippen LogP) is 9.89. The van der Waals surface area contributed by atoms with Gasteiger partial charge in [-0.1, -0.05) is 137 Å². The van der Waals surface area contributed by atoms with Gasteiger partial charge in [-0.3, -0.25) is 19.5 Å². The van der Waals surface area contributed by atoms with E-state index in [9.17, 15) is 18.4 Å². The van der Waals surface area contributed by atoms with Gasteiger partial charge >= 0.3 is 0 Å². The lowest BCUT2D eigenvalue weighted by Crippen LogP contribution is -2.43. The fraction of sp³-hybridized carbons (Fsp3) is 0.373. The summed E-state index contributed by atoms with van der Waals surface area (Å²) in [4.78, 5) is 48.8. The van der Waals surface area contributed by atoms with Crippen LogP contribution in [0.25, 0.3) is 33.6 Å². The second-order valence-electron chi connectivity index (χ2n) is 16.1. The molecular formula is C51H62F2N8O2. The van der Waals surface area contributed by atoms with Crippen molar-refractivity contribution in [3.63, 3.8) is 0 Å². The number of carbonyl (C=O) groups is 2. The van der Waals surface area contributed by atoms with Crippen LogP contribution < -0.4 is 0 Å². The van der Waals surface area contributed by atoms with E-state index in [-0.39, 0.29) is 24.9 Å². The summed E-state index contributed by atoms with van der Waals surface area (Å²) >= 11 is 0. The molecule has 1 amide bonds. The lowest BCUT2D eigenvalue weighted by molar-refractivity contribution is -0.138. The van der Waals surface area contributed by atoms with Gasteiger partial charge < -0.3 is 19.7 Å². The van der Waals surface area contributed by atoms with Crippen molar-refractivity contribution in [1.29, 1.82) is 0 Å². The van der Waals surface area contributed by atoms with Crippen LogP contribution in [0.15, 0.2) is 122 Å². The third kappa shape index (κ3) is 11.8. The number of aldehydes is 1. The summed E-state index contributed by atoms with van der Waals surface area (Å²) in [7, 11) is 1.88. The van der Waals surface area contributed by atoms with Gasteiger partial charge in [0.25, 0.3) is 0 Å². The molecule has 2 aromatic heterocycles. The SMILES string of the molecule is CCN(CC)C(C=O)c1ccccc1.CCN(CC)[C@@H](C(=O)N1C[C@H](F)CC1c1ncc(-c2ccc(-c3ccc(-c4cnc(CN(C)CC(C)F)[nH]4)cc3)cc2)[nH]1)c1ccccc1. The zero-order chi connectivity index (χ0) is 44.9. The summed E-state index contributed by atoms with van der Waals surface area (Å²) < 4.78 is 28.3. The van der Waals surface area contributed by atoms with Gasteiger partial charge in [0, 0.05) is 13.0 Å². The lowest BCUT2D eigenvalue weighted by Gasteiger charge is -2.34. The van der Waals surface area contributed by atoms with E-state index in [1.807, 2.05) is 105 Å². The van der Waals surface area contributed by atoms with Gasteiger partial charge in [-0.2, -0.15) is 0 Å². The molecule has 1 aliphatic rings. The molecular weight excluding hydrogens is 795 g/mol. The Morgan fingerprint density at radius 1 is 0.746 bits per heavy atom. The average molecular weight is 857 g/mol. The van der Waals surface area contributed by atoms with Gasteiger partial charge in [-0.05, 0) is 73.5 Å². The summed E-state index contributed by atoms with van der Waals surface area (Å²) in [5, 5.41) is 0. The smallest absolute Gasteiger partial charge is 0.245 e. The maximum atomic E-state index is 15.0. The number of hydrogen-bond acceptors (Lipinski definition) is 7. The highest BCUT2D eigenvalue weighted by atomic mass is 19.1. The van der Waals surface area contributed by atoms with Crippen LogP contribution in [0.2, 0.25) is 0 Å². The first-order chi connectivity index (χ1) is 30.6. The number of rotatable bonds is 18. The molecule has 1 aliphatic heterocycles. The van der Waals surface area contributed by atoms with Gasteiger partial charge in [0.2, 0.25) is 5.91 Å². The highest BCUT2D eigenvalue weighted by molar-refractivity contribution is 5.84. The number of amides is 1. The fourth-order valence-electron chi connectivity index (χ4n) is 8.50. The molecule has 1 saturated heterocycles. The van der Waals surface area contributed by atoms with E-state index in [4.69, 9.17) is 0 Å². The number of likely N-dealkylation sites (N-methyl/N-ethyl adjacent to an activating group) is 2. The molecule has 0 saturated carbocycles. The van der Waals surface area contributed by atoms with Gasteiger partial charge in [-0.25, -0.2) is 18.7 Å². The summed E-state index contributed by atoms with van der Waals surface area (Å²) in [6.07, 6.45) is 2.80. The molecule has 332 valence electrons. The molecule has 12 heteroatoms. The van der Waals surface area contributed by atoms with Crippen LogP contribution in [-0.4, -0.2) is 110 Å². The third-order valence-corrected chi connectivity index (χ3v) is 11.8. The Labute approximate surface area is 371 Å². The fourth-order valence-corrected chi connectivity index (χ4v) is 8.50. The van der Waals surface area contributed by atoms with Crippen molar-refractivity contribution < 1.29 is 18.4 Å². The number of benzene rings is 4. The first-order valence-corrected chi connectivity index (χ1v) is 22.2. The topological polar surface area (TPSA) is 104 Å². The number of halogens is 2.